The number of benzene rings is 1. The number of piperazine rings is 1. The fourth-order valence-electron chi connectivity index (χ4n) is 3.75. The van der Waals surface area contributed by atoms with E-state index in [0.717, 1.165) is 32.6 Å². The number of β-amino-alcohol motifs (C(OH)–C–C–N with tert-alkyl or cyclic N) is 1. The number of nitrogens with one attached hydrogen (secondary N) is 2. The third-order valence-corrected chi connectivity index (χ3v) is 5.22. The summed E-state index contributed by atoms with van der Waals surface area (Å²) in [6.07, 6.45) is 1.06. The maximum atomic E-state index is 12.1. The first-order chi connectivity index (χ1) is 12.1. The zero-order valence-corrected chi connectivity index (χ0v) is 18.7. The quantitative estimate of drug-likeness (QED) is 0.567. The molecular formula is C19H33Cl3N4O2. The highest BCUT2D eigenvalue weighted by atomic mass is 35.5. The predicted molar refractivity (Wildman–Crippen MR) is 120 cm³/mol. The number of hydrogen-bond acceptors (Lipinski definition) is 5. The van der Waals surface area contributed by atoms with Crippen LogP contribution in [-0.4, -0.2) is 79.3 Å². The second-order valence-corrected chi connectivity index (χ2v) is 7.22. The zero-order valence-electron chi connectivity index (χ0n) is 16.3. The predicted octanol–water partition coefficient (Wildman–Crippen LogP) is 1.47. The number of halogens is 3. The van der Waals surface area contributed by atoms with E-state index >= 15 is 0 Å². The minimum atomic E-state index is -0.396. The lowest BCUT2D eigenvalue weighted by molar-refractivity contribution is -0.122. The molecule has 3 N–H and O–H groups in total. The molecule has 1 aromatic rings. The first-order valence-electron chi connectivity index (χ1n) is 9.30. The Morgan fingerprint density at radius 3 is 2.57 bits per heavy atom. The summed E-state index contributed by atoms with van der Waals surface area (Å²) in [5.74, 6) is 0.00883. The van der Waals surface area contributed by atoms with Crippen LogP contribution < -0.4 is 10.6 Å². The molecule has 2 heterocycles. The summed E-state index contributed by atoms with van der Waals surface area (Å²) in [7, 11) is 2.18. The molecule has 2 aliphatic rings. The average molecular weight is 456 g/mol. The minimum Gasteiger partial charge on any atom is -0.392 e. The second-order valence-electron chi connectivity index (χ2n) is 7.22. The molecule has 0 aromatic heterocycles. The number of likely N-dealkylation sites (N-methyl/N-ethyl adjacent to an activating group) is 1. The van der Waals surface area contributed by atoms with Crippen LogP contribution in [0.25, 0.3) is 0 Å². The lowest BCUT2D eigenvalue weighted by Crippen LogP contribution is -2.47. The Morgan fingerprint density at radius 1 is 1.21 bits per heavy atom. The van der Waals surface area contributed by atoms with Gasteiger partial charge in [-0.15, -0.1) is 37.2 Å². The molecule has 6 nitrogen and oxygen atoms in total. The van der Waals surface area contributed by atoms with E-state index in [1.807, 2.05) is 0 Å². The van der Waals surface area contributed by atoms with E-state index in [9.17, 15) is 9.90 Å². The van der Waals surface area contributed by atoms with Gasteiger partial charge in [0.05, 0.1) is 12.1 Å². The van der Waals surface area contributed by atoms with E-state index in [4.69, 9.17) is 0 Å². The van der Waals surface area contributed by atoms with Crippen LogP contribution in [0.3, 0.4) is 0 Å². The summed E-state index contributed by atoms with van der Waals surface area (Å²) in [5.41, 5.74) is 1.36. The molecule has 1 amide bonds. The zero-order chi connectivity index (χ0) is 17.6. The number of nitrogens with zero attached hydrogens (tertiary/aromatic N) is 2. The first kappa shape index (κ1) is 27.4. The summed E-state index contributed by atoms with van der Waals surface area (Å²) in [6, 6.07) is 10.9. The maximum Gasteiger partial charge on any atom is 0.237 e. The van der Waals surface area contributed by atoms with Gasteiger partial charge in [0.15, 0.2) is 0 Å². The van der Waals surface area contributed by atoms with Gasteiger partial charge >= 0.3 is 0 Å². The second kappa shape index (κ2) is 13.6. The molecule has 28 heavy (non-hydrogen) atoms. The van der Waals surface area contributed by atoms with E-state index in [2.05, 4.69) is 57.8 Å². The number of aliphatic hydroxyl groups excluding tert-OH is 1. The lowest BCUT2D eigenvalue weighted by Gasteiger charge is -2.40. The topological polar surface area (TPSA) is 67.8 Å². The lowest BCUT2D eigenvalue weighted by atomic mass is 10.0. The van der Waals surface area contributed by atoms with Crippen LogP contribution in [0.4, 0.5) is 0 Å². The average Bonchev–Trinajstić information content (AvgIpc) is 3.07. The molecule has 0 bridgehead atoms. The minimum absolute atomic E-state index is 0. The van der Waals surface area contributed by atoms with Crippen LogP contribution >= 0.6 is 37.2 Å². The number of hydrogen-bond donors (Lipinski definition) is 3. The van der Waals surface area contributed by atoms with Crippen molar-refractivity contribution in [1.29, 1.82) is 0 Å². The summed E-state index contributed by atoms with van der Waals surface area (Å²) >= 11 is 0. The summed E-state index contributed by atoms with van der Waals surface area (Å²) in [5, 5.41) is 15.5. The maximum absolute atomic E-state index is 12.1. The molecule has 1 aromatic carbocycles. The van der Waals surface area contributed by atoms with Gasteiger partial charge in [-0.1, -0.05) is 30.3 Å². The Hall–Kier alpha value is -0.600. The highest BCUT2D eigenvalue weighted by Crippen LogP contribution is 2.24. The fourth-order valence-corrected chi connectivity index (χ4v) is 3.75. The summed E-state index contributed by atoms with van der Waals surface area (Å²) in [4.78, 5) is 17.0. The largest absolute Gasteiger partial charge is 0.392 e. The van der Waals surface area contributed by atoms with Gasteiger partial charge in [0.2, 0.25) is 5.91 Å². The first-order valence-corrected chi connectivity index (χ1v) is 9.30. The van der Waals surface area contributed by atoms with Crippen molar-refractivity contribution in [3.8, 4) is 0 Å². The van der Waals surface area contributed by atoms with Crippen molar-refractivity contribution in [2.45, 2.75) is 31.0 Å². The van der Waals surface area contributed by atoms with Gasteiger partial charge in [-0.3, -0.25) is 9.69 Å². The SMILES string of the molecule is CN1CCN(CCCNC(=O)C2CC(O)CN2)C(c2ccccc2)C1.Cl.Cl.Cl. The molecule has 3 atom stereocenters. The third-order valence-electron chi connectivity index (χ3n) is 5.22. The van der Waals surface area contributed by atoms with Gasteiger partial charge in [-0.2, -0.15) is 0 Å². The van der Waals surface area contributed by atoms with Crippen molar-refractivity contribution in [3.63, 3.8) is 0 Å². The van der Waals surface area contributed by atoms with Crippen LogP contribution in [0, 0.1) is 0 Å². The number of amides is 1. The number of carbonyl (C=O) groups excluding carboxylic acids is 1. The van der Waals surface area contributed by atoms with Gasteiger partial charge in [0.1, 0.15) is 0 Å². The standard InChI is InChI=1S/C19H30N4O2.3ClH/c1-22-10-11-23(18(14-22)15-6-3-2-4-7-15)9-5-8-20-19(25)17-12-16(24)13-21-17;;;/h2-4,6-7,16-18,21,24H,5,8-14H2,1H3,(H,20,25);3*1H. The highest BCUT2D eigenvalue weighted by Gasteiger charge is 2.28. The van der Waals surface area contributed by atoms with Gasteiger partial charge in [0, 0.05) is 45.3 Å². The van der Waals surface area contributed by atoms with E-state index in [1.165, 1.54) is 5.56 Å². The van der Waals surface area contributed by atoms with Gasteiger partial charge in [-0.25, -0.2) is 0 Å². The van der Waals surface area contributed by atoms with Crippen LogP contribution in [0.2, 0.25) is 0 Å². The normalized spacial score (nSPS) is 25.1. The molecule has 2 fully saturated rings. The Labute approximate surface area is 186 Å². The van der Waals surface area contributed by atoms with E-state index in [1.54, 1.807) is 0 Å². The third kappa shape index (κ3) is 7.67. The summed E-state index contributed by atoms with van der Waals surface area (Å²) < 4.78 is 0. The van der Waals surface area contributed by atoms with Crippen LogP contribution in [0.1, 0.15) is 24.4 Å². The van der Waals surface area contributed by atoms with Crippen molar-refractivity contribution >= 4 is 43.1 Å². The Morgan fingerprint density at radius 2 is 1.93 bits per heavy atom. The van der Waals surface area contributed by atoms with Crippen LogP contribution in [0.5, 0.6) is 0 Å². The molecule has 3 rings (SSSR count). The van der Waals surface area contributed by atoms with Gasteiger partial charge < -0.3 is 20.6 Å². The molecule has 0 aliphatic carbocycles. The van der Waals surface area contributed by atoms with E-state index < -0.39 is 6.10 Å². The number of aliphatic hydroxyl groups is 1. The number of carbonyl (C=O) groups is 1. The number of rotatable bonds is 6. The van der Waals surface area contributed by atoms with Gasteiger partial charge in [-0.05, 0) is 25.5 Å². The van der Waals surface area contributed by atoms with Crippen molar-refractivity contribution in [3.05, 3.63) is 35.9 Å². The Bertz CT molecular complexity index is 567. The molecule has 3 unspecified atom stereocenters. The molecule has 9 heteroatoms. The van der Waals surface area contributed by atoms with Crippen molar-refractivity contribution < 1.29 is 9.90 Å². The molecule has 2 saturated heterocycles. The monoisotopic (exact) mass is 454 g/mol. The van der Waals surface area contributed by atoms with Crippen molar-refractivity contribution in [2.75, 3.05) is 46.3 Å². The summed E-state index contributed by atoms with van der Waals surface area (Å²) in [6.45, 7) is 5.35. The molecule has 2 aliphatic heterocycles. The van der Waals surface area contributed by atoms with Crippen LogP contribution in [0.15, 0.2) is 30.3 Å². The van der Waals surface area contributed by atoms with E-state index in [0.29, 0.717) is 25.6 Å². The van der Waals surface area contributed by atoms with E-state index in [-0.39, 0.29) is 49.2 Å². The Kier molecular flexibility index (Phi) is 13.3. The molecule has 0 saturated carbocycles. The van der Waals surface area contributed by atoms with Crippen molar-refractivity contribution in [2.24, 2.45) is 0 Å². The van der Waals surface area contributed by atoms with Gasteiger partial charge in [0.25, 0.3) is 0 Å². The molecule has 0 radical (unpaired) electrons. The highest BCUT2D eigenvalue weighted by molar-refractivity contribution is 5.86. The molecular weight excluding hydrogens is 423 g/mol. The smallest absolute Gasteiger partial charge is 0.237 e. The fraction of sp³-hybridized carbons (Fsp3) is 0.632. The van der Waals surface area contributed by atoms with Crippen molar-refractivity contribution in [1.82, 2.24) is 20.4 Å². The molecule has 162 valence electrons. The Balaban J connectivity index is 0.00000243. The van der Waals surface area contributed by atoms with Crippen LogP contribution in [-0.2, 0) is 4.79 Å². The molecule has 0 spiro atoms.